The van der Waals surface area contributed by atoms with Crippen LogP contribution in [0.15, 0.2) is 27.6 Å². The number of benzene rings is 1. The summed E-state index contributed by atoms with van der Waals surface area (Å²) in [5.41, 5.74) is -2.49. The summed E-state index contributed by atoms with van der Waals surface area (Å²) in [4.78, 5) is 16.8. The van der Waals surface area contributed by atoms with E-state index in [4.69, 9.17) is 11.2 Å². The number of nitrogens with one attached hydrogen (secondary N) is 1. The van der Waals surface area contributed by atoms with Crippen LogP contribution in [0.25, 0.3) is 0 Å². The van der Waals surface area contributed by atoms with Gasteiger partial charge in [-0.05, 0) is 52.8 Å². The van der Waals surface area contributed by atoms with Gasteiger partial charge in [-0.25, -0.2) is 22.1 Å². The van der Waals surface area contributed by atoms with Crippen LogP contribution < -0.4 is 5.32 Å². The minimum atomic E-state index is -3.18. The number of halogens is 2. The number of carbonyl (C=O) groups excluding carboxylic acids is 1. The quantitative estimate of drug-likeness (QED) is 0.712. The van der Waals surface area contributed by atoms with Crippen molar-refractivity contribution in [3.8, 4) is 12.3 Å². The molecule has 6 nitrogen and oxygen atoms in total. The molecule has 1 aliphatic heterocycles. The van der Waals surface area contributed by atoms with Gasteiger partial charge in [0.05, 0.1) is 15.5 Å². The van der Waals surface area contributed by atoms with E-state index < -0.39 is 44.2 Å². The molecule has 1 aliphatic rings. The second-order valence-electron chi connectivity index (χ2n) is 8.57. The van der Waals surface area contributed by atoms with E-state index in [-0.39, 0.29) is 17.2 Å². The summed E-state index contributed by atoms with van der Waals surface area (Å²) in [5, 5.41) is 2.48. The van der Waals surface area contributed by atoms with Gasteiger partial charge in [0.1, 0.15) is 34.2 Å². The summed E-state index contributed by atoms with van der Waals surface area (Å²) < 4.78 is 51.0. The Morgan fingerprint density at radius 3 is 2.57 bits per heavy atom. The molecule has 0 fully saturated rings. The van der Waals surface area contributed by atoms with Gasteiger partial charge in [-0.15, -0.1) is 6.42 Å². The first-order chi connectivity index (χ1) is 13.7. The molecule has 1 N–H and O–H groups in total. The van der Waals surface area contributed by atoms with Crippen LogP contribution in [0.5, 0.6) is 0 Å². The lowest BCUT2D eigenvalue weighted by Gasteiger charge is -2.42. The number of amides is 1. The van der Waals surface area contributed by atoms with Crippen molar-refractivity contribution < 1.29 is 22.5 Å². The van der Waals surface area contributed by atoms with Crippen LogP contribution >= 0.6 is 0 Å². The number of nitrogens with zero attached hydrogens (tertiary/aromatic N) is 2. The molecule has 9 heteroatoms. The van der Waals surface area contributed by atoms with E-state index >= 15 is 0 Å². The first kappa shape index (κ1) is 23.8. The Kier molecular flexibility index (Phi) is 6.34. The van der Waals surface area contributed by atoms with Crippen LogP contribution in [0.4, 0.5) is 13.6 Å². The topological polar surface area (TPSA) is 80.1 Å². The number of carbonyl (C=O) groups is 1. The summed E-state index contributed by atoms with van der Waals surface area (Å²) in [7, 11) is -1.84. The predicted octanol–water partition coefficient (Wildman–Crippen LogP) is 3.79. The third-order valence-corrected chi connectivity index (χ3v) is 8.14. The SMILES string of the molecule is C#Cc1ccc(F)c([C@]2(CF)C[S@@](=O)(=NC)C(C)(C)C(NC(=O)OC(C)(C)C)=N2)c1. The Bertz CT molecular complexity index is 1040. The van der Waals surface area contributed by atoms with Crippen molar-refractivity contribution in [1.82, 2.24) is 5.32 Å². The number of hydrogen-bond acceptors (Lipinski definition) is 5. The van der Waals surface area contributed by atoms with E-state index in [0.717, 1.165) is 6.07 Å². The molecular formula is C21H27F2N3O3S. The van der Waals surface area contributed by atoms with Crippen molar-refractivity contribution in [2.24, 2.45) is 9.36 Å². The van der Waals surface area contributed by atoms with E-state index in [2.05, 4.69) is 20.6 Å². The Labute approximate surface area is 176 Å². The Balaban J connectivity index is 2.74. The number of aliphatic imine (C=N–C) groups is 1. The third-order valence-electron chi connectivity index (χ3n) is 4.90. The van der Waals surface area contributed by atoms with Crippen LogP contribution in [0, 0.1) is 18.2 Å². The summed E-state index contributed by atoms with van der Waals surface area (Å²) in [6.07, 6.45) is 4.56. The Hall–Kier alpha value is -2.47. The first-order valence-electron chi connectivity index (χ1n) is 9.29. The average molecular weight is 440 g/mol. The van der Waals surface area contributed by atoms with E-state index in [9.17, 15) is 17.8 Å². The molecule has 0 bridgehead atoms. The highest BCUT2D eigenvalue weighted by Crippen LogP contribution is 2.40. The largest absolute Gasteiger partial charge is 0.444 e. The second-order valence-corrected chi connectivity index (χ2v) is 11.5. The smallest absolute Gasteiger partial charge is 0.413 e. The Morgan fingerprint density at radius 1 is 1.43 bits per heavy atom. The number of terminal acetylenes is 1. The minimum absolute atomic E-state index is 0.0956. The van der Waals surface area contributed by atoms with Gasteiger partial charge in [0.15, 0.2) is 0 Å². The fraction of sp³-hybridized carbons (Fsp3) is 0.524. The van der Waals surface area contributed by atoms with Crippen LogP contribution in [-0.4, -0.2) is 46.0 Å². The van der Waals surface area contributed by atoms with Crippen molar-refractivity contribution in [2.45, 2.75) is 50.5 Å². The summed E-state index contributed by atoms with van der Waals surface area (Å²) >= 11 is 0. The monoisotopic (exact) mass is 439 g/mol. The maximum absolute atomic E-state index is 14.7. The van der Waals surface area contributed by atoms with Crippen LogP contribution in [0.3, 0.4) is 0 Å². The zero-order valence-corrected chi connectivity index (χ0v) is 18.8. The number of amidine groups is 1. The van der Waals surface area contributed by atoms with Gasteiger partial charge in [0.25, 0.3) is 0 Å². The van der Waals surface area contributed by atoms with Crippen molar-refractivity contribution >= 4 is 21.7 Å². The molecule has 0 unspecified atom stereocenters. The highest BCUT2D eigenvalue weighted by atomic mass is 32.2. The highest BCUT2D eigenvalue weighted by molar-refractivity contribution is 7.95. The van der Waals surface area contributed by atoms with Crippen molar-refractivity contribution in [1.29, 1.82) is 0 Å². The molecule has 0 aromatic heterocycles. The number of alkyl carbamates (subject to hydrolysis) is 1. The molecule has 1 aromatic carbocycles. The molecule has 164 valence electrons. The molecule has 30 heavy (non-hydrogen) atoms. The number of rotatable bonds is 2. The van der Waals surface area contributed by atoms with Gasteiger partial charge in [-0.2, -0.15) is 0 Å². The van der Waals surface area contributed by atoms with Crippen LogP contribution in [-0.2, 0) is 20.0 Å². The number of ether oxygens (including phenoxy) is 1. The van der Waals surface area contributed by atoms with Crippen molar-refractivity contribution in [3.05, 3.63) is 35.1 Å². The molecule has 0 spiro atoms. The van der Waals surface area contributed by atoms with E-state index in [1.807, 2.05) is 0 Å². The van der Waals surface area contributed by atoms with E-state index in [1.165, 1.54) is 19.2 Å². The van der Waals surface area contributed by atoms with Gasteiger partial charge < -0.3 is 4.74 Å². The normalized spacial score (nSPS) is 25.6. The zero-order valence-electron chi connectivity index (χ0n) is 18.0. The fourth-order valence-corrected chi connectivity index (χ4v) is 5.45. The molecule has 0 aliphatic carbocycles. The lowest BCUT2D eigenvalue weighted by atomic mass is 9.91. The van der Waals surface area contributed by atoms with Crippen LogP contribution in [0.2, 0.25) is 0 Å². The molecule has 1 heterocycles. The van der Waals surface area contributed by atoms with Gasteiger partial charge >= 0.3 is 6.09 Å². The molecule has 1 aromatic rings. The number of alkyl halides is 1. The van der Waals surface area contributed by atoms with Crippen LogP contribution in [0.1, 0.15) is 45.7 Å². The summed E-state index contributed by atoms with van der Waals surface area (Å²) in [6.45, 7) is 7.02. The predicted molar refractivity (Wildman–Crippen MR) is 114 cm³/mol. The second kappa shape index (κ2) is 7.99. The number of hydrogen-bond donors (Lipinski definition) is 1. The maximum Gasteiger partial charge on any atom is 0.413 e. The standard InChI is InChI=1S/C21H27F2N3O3S/c1-8-14-9-10-16(23)15(11-14)21(12-22)13-30(28,24-7)20(5,6)17(26-21)25-18(27)29-19(2,3)4/h1,9-11H,12-13H2,2-7H3,(H,25,26,27)/t21-,30-/m0/s1. The Morgan fingerprint density at radius 2 is 2.07 bits per heavy atom. The molecule has 0 saturated carbocycles. The van der Waals surface area contributed by atoms with Crippen molar-refractivity contribution in [3.63, 3.8) is 0 Å². The van der Waals surface area contributed by atoms with E-state index in [0.29, 0.717) is 5.56 Å². The van der Waals surface area contributed by atoms with Gasteiger partial charge in [-0.1, -0.05) is 5.92 Å². The summed E-state index contributed by atoms with van der Waals surface area (Å²) in [6, 6.07) is 3.79. The maximum atomic E-state index is 14.7. The van der Waals surface area contributed by atoms with Gasteiger partial charge in [-0.3, -0.25) is 10.3 Å². The first-order valence-corrected chi connectivity index (χ1v) is 11.0. The lowest BCUT2D eigenvalue weighted by Crippen LogP contribution is -2.59. The molecular weight excluding hydrogens is 412 g/mol. The minimum Gasteiger partial charge on any atom is -0.444 e. The zero-order chi connectivity index (χ0) is 23.0. The third kappa shape index (κ3) is 4.33. The molecule has 1 amide bonds. The summed E-state index contributed by atoms with van der Waals surface area (Å²) in [5.74, 6) is 1.16. The molecule has 2 atom stereocenters. The van der Waals surface area contributed by atoms with Gasteiger partial charge in [0, 0.05) is 18.2 Å². The average Bonchev–Trinajstić information content (AvgIpc) is 2.64. The molecule has 0 saturated heterocycles. The lowest BCUT2D eigenvalue weighted by molar-refractivity contribution is 0.0560. The molecule has 0 radical (unpaired) electrons. The fourth-order valence-electron chi connectivity index (χ4n) is 3.16. The van der Waals surface area contributed by atoms with Gasteiger partial charge in [0.2, 0.25) is 0 Å². The molecule has 2 rings (SSSR count). The highest BCUT2D eigenvalue weighted by Gasteiger charge is 2.51. The van der Waals surface area contributed by atoms with Crippen molar-refractivity contribution in [2.75, 3.05) is 19.5 Å². The van der Waals surface area contributed by atoms with E-state index in [1.54, 1.807) is 34.6 Å².